The molecule has 1 aromatic carbocycles. The predicted octanol–water partition coefficient (Wildman–Crippen LogP) is 1.69. The van der Waals surface area contributed by atoms with Crippen molar-refractivity contribution in [1.82, 2.24) is 5.32 Å². The van der Waals surface area contributed by atoms with Crippen LogP contribution in [0.1, 0.15) is 12.5 Å². The first-order valence-corrected chi connectivity index (χ1v) is 7.04. The predicted molar refractivity (Wildman–Crippen MR) is 68.2 cm³/mol. The zero-order chi connectivity index (χ0) is 12.7. The maximum absolute atomic E-state index is 13.5. The quantitative estimate of drug-likeness (QED) is 0.757. The van der Waals surface area contributed by atoms with Gasteiger partial charge in [0.1, 0.15) is 11.6 Å². The fourth-order valence-corrected chi connectivity index (χ4v) is 2.01. The van der Waals surface area contributed by atoms with Gasteiger partial charge in [-0.25, -0.2) is 4.39 Å². The summed E-state index contributed by atoms with van der Waals surface area (Å²) >= 11 is 0. The van der Waals surface area contributed by atoms with Gasteiger partial charge in [0, 0.05) is 47.0 Å². The van der Waals surface area contributed by atoms with Crippen molar-refractivity contribution in [2.75, 3.05) is 25.2 Å². The average Bonchev–Trinajstić information content (AvgIpc) is 2.35. The van der Waals surface area contributed by atoms with Crippen molar-refractivity contribution in [3.63, 3.8) is 0 Å². The van der Waals surface area contributed by atoms with Gasteiger partial charge in [0.05, 0.1) is 7.11 Å². The highest BCUT2D eigenvalue weighted by Gasteiger charge is 2.03. The second-order valence-electron chi connectivity index (χ2n) is 3.57. The molecule has 17 heavy (non-hydrogen) atoms. The lowest BCUT2D eigenvalue weighted by atomic mass is 10.2. The molecule has 0 saturated heterocycles. The molecule has 0 aromatic heterocycles. The number of ether oxygens (including phenoxy) is 1. The first-order chi connectivity index (χ1) is 8.17. The molecule has 0 radical (unpaired) electrons. The van der Waals surface area contributed by atoms with Gasteiger partial charge in [-0.1, -0.05) is 13.0 Å². The molecule has 1 N–H and O–H groups in total. The molecule has 0 aliphatic heterocycles. The molecular weight excluding hydrogens is 241 g/mol. The summed E-state index contributed by atoms with van der Waals surface area (Å²) in [5, 5.41) is 3.07. The molecule has 1 rings (SSSR count). The fraction of sp³-hybridized carbons (Fsp3) is 0.500. The maximum atomic E-state index is 13.5. The van der Waals surface area contributed by atoms with Crippen molar-refractivity contribution in [3.05, 3.63) is 29.6 Å². The summed E-state index contributed by atoms with van der Waals surface area (Å²) in [6.45, 7) is 2.96. The van der Waals surface area contributed by atoms with Gasteiger partial charge in [0.15, 0.2) is 0 Å². The normalized spacial score (nSPS) is 12.4. The Kier molecular flexibility index (Phi) is 6.15. The molecule has 1 aromatic rings. The van der Waals surface area contributed by atoms with E-state index in [1.165, 1.54) is 13.2 Å². The Bertz CT molecular complexity index is 385. The maximum Gasteiger partial charge on any atom is 0.131 e. The molecule has 3 nitrogen and oxygen atoms in total. The molecule has 0 fully saturated rings. The van der Waals surface area contributed by atoms with Crippen molar-refractivity contribution in [3.8, 4) is 5.75 Å². The van der Waals surface area contributed by atoms with Crippen molar-refractivity contribution < 1.29 is 13.3 Å². The lowest BCUT2D eigenvalue weighted by molar-refractivity contribution is 0.410. The number of hydrogen-bond acceptors (Lipinski definition) is 3. The van der Waals surface area contributed by atoms with Gasteiger partial charge >= 0.3 is 0 Å². The number of rotatable bonds is 7. The Hall–Kier alpha value is -0.940. The standard InChI is InChI=1S/C12H18FNO2S/c1-3-17(15)7-6-14-9-10-4-5-11(16-2)8-12(10)13/h4-5,8,14H,3,6-7,9H2,1-2H3. The third kappa shape index (κ3) is 4.83. The van der Waals surface area contributed by atoms with Crippen LogP contribution in [0.5, 0.6) is 5.75 Å². The van der Waals surface area contributed by atoms with E-state index in [1.807, 2.05) is 6.92 Å². The third-order valence-corrected chi connectivity index (χ3v) is 3.71. The van der Waals surface area contributed by atoms with Crippen LogP contribution in [0.4, 0.5) is 4.39 Å². The number of methoxy groups -OCH3 is 1. The Morgan fingerprint density at radius 3 is 2.82 bits per heavy atom. The number of nitrogens with one attached hydrogen (secondary N) is 1. The van der Waals surface area contributed by atoms with Crippen LogP contribution < -0.4 is 10.1 Å². The third-order valence-electron chi connectivity index (χ3n) is 2.40. The summed E-state index contributed by atoms with van der Waals surface area (Å²) in [6.07, 6.45) is 0. The molecule has 0 spiro atoms. The molecule has 1 atom stereocenters. The second kappa shape index (κ2) is 7.40. The zero-order valence-electron chi connectivity index (χ0n) is 10.2. The molecular formula is C12H18FNO2S. The van der Waals surface area contributed by atoms with Crippen LogP contribution in [0.2, 0.25) is 0 Å². The zero-order valence-corrected chi connectivity index (χ0v) is 11.0. The smallest absolute Gasteiger partial charge is 0.131 e. The van der Waals surface area contributed by atoms with E-state index in [9.17, 15) is 8.60 Å². The molecule has 1 unspecified atom stereocenters. The van der Waals surface area contributed by atoms with Gasteiger partial charge in [-0.05, 0) is 6.07 Å². The Morgan fingerprint density at radius 2 is 2.24 bits per heavy atom. The first kappa shape index (κ1) is 14.1. The summed E-state index contributed by atoms with van der Waals surface area (Å²) < 4.78 is 29.6. The number of halogens is 1. The molecule has 0 heterocycles. The van der Waals surface area contributed by atoms with Crippen LogP contribution in [0.25, 0.3) is 0 Å². The van der Waals surface area contributed by atoms with E-state index in [2.05, 4.69) is 5.32 Å². The highest BCUT2D eigenvalue weighted by Crippen LogP contribution is 2.15. The van der Waals surface area contributed by atoms with Gasteiger partial charge in [-0.2, -0.15) is 0 Å². The Labute approximate surface area is 104 Å². The van der Waals surface area contributed by atoms with E-state index in [1.54, 1.807) is 12.1 Å². The topological polar surface area (TPSA) is 38.3 Å². The van der Waals surface area contributed by atoms with Crippen molar-refractivity contribution in [1.29, 1.82) is 0 Å². The molecule has 96 valence electrons. The average molecular weight is 259 g/mol. The van der Waals surface area contributed by atoms with E-state index >= 15 is 0 Å². The number of hydrogen-bond donors (Lipinski definition) is 1. The SMILES string of the molecule is CCS(=O)CCNCc1ccc(OC)cc1F. The summed E-state index contributed by atoms with van der Waals surface area (Å²) in [6, 6.07) is 4.78. The van der Waals surface area contributed by atoms with Crippen molar-refractivity contribution >= 4 is 10.8 Å². The minimum Gasteiger partial charge on any atom is -0.497 e. The molecule has 0 amide bonds. The summed E-state index contributed by atoms with van der Waals surface area (Å²) in [5.74, 6) is 1.50. The Balaban J connectivity index is 2.39. The van der Waals surface area contributed by atoms with E-state index in [0.29, 0.717) is 35.9 Å². The van der Waals surface area contributed by atoms with Crippen LogP contribution in [-0.2, 0) is 17.3 Å². The molecule has 0 saturated carbocycles. The van der Waals surface area contributed by atoms with E-state index in [4.69, 9.17) is 4.74 Å². The van der Waals surface area contributed by atoms with E-state index < -0.39 is 10.8 Å². The van der Waals surface area contributed by atoms with Crippen LogP contribution in [0.15, 0.2) is 18.2 Å². The van der Waals surface area contributed by atoms with Gasteiger partial charge in [0.25, 0.3) is 0 Å². The first-order valence-electron chi connectivity index (χ1n) is 5.55. The summed E-state index contributed by atoms with van der Waals surface area (Å²) in [5.41, 5.74) is 0.591. The minimum atomic E-state index is -0.772. The fourth-order valence-electron chi connectivity index (χ4n) is 1.35. The van der Waals surface area contributed by atoms with E-state index in [0.717, 1.165) is 0 Å². The number of benzene rings is 1. The van der Waals surface area contributed by atoms with Crippen LogP contribution in [-0.4, -0.2) is 29.4 Å². The molecule has 0 aliphatic carbocycles. The van der Waals surface area contributed by atoms with Gasteiger partial charge in [-0.3, -0.25) is 4.21 Å². The molecule has 0 aliphatic rings. The lowest BCUT2D eigenvalue weighted by Gasteiger charge is -2.07. The summed E-state index contributed by atoms with van der Waals surface area (Å²) in [4.78, 5) is 0. The monoisotopic (exact) mass is 259 g/mol. The summed E-state index contributed by atoms with van der Waals surface area (Å²) in [7, 11) is 0.735. The second-order valence-corrected chi connectivity index (χ2v) is 5.43. The largest absolute Gasteiger partial charge is 0.497 e. The van der Waals surface area contributed by atoms with E-state index in [-0.39, 0.29) is 5.82 Å². The molecule has 0 bridgehead atoms. The Morgan fingerprint density at radius 1 is 1.47 bits per heavy atom. The minimum absolute atomic E-state index is 0.284. The van der Waals surface area contributed by atoms with Crippen molar-refractivity contribution in [2.45, 2.75) is 13.5 Å². The highest BCUT2D eigenvalue weighted by molar-refractivity contribution is 7.84. The van der Waals surface area contributed by atoms with Crippen molar-refractivity contribution in [2.24, 2.45) is 0 Å². The van der Waals surface area contributed by atoms with Gasteiger partial charge < -0.3 is 10.1 Å². The van der Waals surface area contributed by atoms with Gasteiger partial charge in [0.2, 0.25) is 0 Å². The van der Waals surface area contributed by atoms with Crippen LogP contribution in [0.3, 0.4) is 0 Å². The van der Waals surface area contributed by atoms with Crippen LogP contribution >= 0.6 is 0 Å². The van der Waals surface area contributed by atoms with Gasteiger partial charge in [-0.15, -0.1) is 0 Å². The molecule has 5 heteroatoms. The lowest BCUT2D eigenvalue weighted by Crippen LogP contribution is -2.21. The van der Waals surface area contributed by atoms with Crippen LogP contribution in [0, 0.1) is 5.82 Å². The highest BCUT2D eigenvalue weighted by atomic mass is 32.2.